The van der Waals surface area contributed by atoms with Crippen molar-refractivity contribution in [2.45, 2.75) is 38.1 Å². The van der Waals surface area contributed by atoms with Gasteiger partial charge in [0, 0.05) is 22.4 Å². The first-order valence-electron chi connectivity index (χ1n) is 4.85. The second-order valence-corrected chi connectivity index (χ2v) is 5.45. The Morgan fingerprint density at radius 1 is 1.43 bits per heavy atom. The normalized spacial score (nSPS) is 16.6. The van der Waals surface area contributed by atoms with Crippen molar-refractivity contribution >= 4 is 11.3 Å². The fourth-order valence-corrected chi connectivity index (χ4v) is 2.67. The van der Waals surface area contributed by atoms with Gasteiger partial charge in [0.15, 0.2) is 0 Å². The Kier molecular flexibility index (Phi) is 3.35. The number of nitrogens with two attached hydrogens (primary N) is 1. The topological polar surface area (TPSA) is 46.2 Å². The predicted molar refractivity (Wildman–Crippen MR) is 61.6 cm³/mol. The van der Waals surface area contributed by atoms with Crippen molar-refractivity contribution in [1.29, 1.82) is 0 Å². The van der Waals surface area contributed by atoms with E-state index in [1.807, 2.05) is 19.9 Å². The van der Waals surface area contributed by atoms with Gasteiger partial charge in [0.2, 0.25) is 0 Å². The second-order valence-electron chi connectivity index (χ2n) is 4.50. The molecule has 3 N–H and O–H groups in total. The van der Waals surface area contributed by atoms with E-state index in [9.17, 15) is 0 Å². The number of hydrogen-bond donors (Lipinski definition) is 2. The summed E-state index contributed by atoms with van der Waals surface area (Å²) in [6, 6.07) is 4.12. The highest BCUT2D eigenvalue weighted by Crippen LogP contribution is 2.38. The average Bonchev–Trinajstić information content (AvgIpc) is 2.54. The number of hydrogen-bond acceptors (Lipinski definition) is 3. The molecule has 1 rings (SSSR count). The van der Waals surface area contributed by atoms with Crippen molar-refractivity contribution in [2.75, 3.05) is 6.61 Å². The molecule has 1 unspecified atom stereocenters. The minimum absolute atomic E-state index is 0.143. The largest absolute Gasteiger partial charge is 0.396 e. The van der Waals surface area contributed by atoms with Gasteiger partial charge in [-0.05, 0) is 31.7 Å². The van der Waals surface area contributed by atoms with E-state index in [0.29, 0.717) is 6.42 Å². The summed E-state index contributed by atoms with van der Waals surface area (Å²) in [5.41, 5.74) is 5.72. The number of thiophene rings is 1. The lowest BCUT2D eigenvalue weighted by molar-refractivity contribution is 0.193. The van der Waals surface area contributed by atoms with Crippen molar-refractivity contribution in [3.63, 3.8) is 0 Å². The van der Waals surface area contributed by atoms with Crippen molar-refractivity contribution < 1.29 is 5.11 Å². The molecule has 0 aliphatic carbocycles. The summed E-state index contributed by atoms with van der Waals surface area (Å²) in [6.45, 7) is 6.33. The first kappa shape index (κ1) is 11.7. The van der Waals surface area contributed by atoms with Crippen molar-refractivity contribution in [3.8, 4) is 0 Å². The maximum Gasteiger partial charge on any atom is 0.0440 e. The number of aliphatic hydroxyl groups excluding tert-OH is 1. The molecule has 80 valence electrons. The lowest BCUT2D eigenvalue weighted by Crippen LogP contribution is -2.52. The Morgan fingerprint density at radius 2 is 2.07 bits per heavy atom. The van der Waals surface area contributed by atoms with E-state index in [-0.39, 0.29) is 17.6 Å². The highest BCUT2D eigenvalue weighted by molar-refractivity contribution is 7.10. The molecule has 0 bridgehead atoms. The van der Waals surface area contributed by atoms with Gasteiger partial charge in [0.25, 0.3) is 0 Å². The first-order chi connectivity index (χ1) is 6.42. The molecule has 0 aliphatic rings. The van der Waals surface area contributed by atoms with Gasteiger partial charge in [-0.2, -0.15) is 0 Å². The zero-order chi connectivity index (χ0) is 10.8. The van der Waals surface area contributed by atoms with Crippen molar-refractivity contribution in [3.05, 3.63) is 22.4 Å². The van der Waals surface area contributed by atoms with Crippen LogP contribution in [0.15, 0.2) is 17.5 Å². The standard InChI is InChI=1S/C11H19NOS/c1-10(2,12)11(3,6-7-13)9-5-4-8-14-9/h4-5,8,13H,6-7,12H2,1-3H3. The third-order valence-electron chi connectivity index (χ3n) is 3.10. The van der Waals surface area contributed by atoms with Crippen molar-refractivity contribution in [1.82, 2.24) is 0 Å². The maximum atomic E-state index is 9.11. The predicted octanol–water partition coefficient (Wildman–Crippen LogP) is 2.13. The van der Waals surface area contributed by atoms with Gasteiger partial charge in [-0.3, -0.25) is 0 Å². The van der Waals surface area contributed by atoms with Gasteiger partial charge in [0.1, 0.15) is 0 Å². The monoisotopic (exact) mass is 213 g/mol. The fraction of sp³-hybridized carbons (Fsp3) is 0.636. The van der Waals surface area contributed by atoms with Crippen LogP contribution in [0.5, 0.6) is 0 Å². The van der Waals surface area contributed by atoms with Crippen LogP contribution >= 0.6 is 11.3 Å². The van der Waals surface area contributed by atoms with Crippen LogP contribution in [0.25, 0.3) is 0 Å². The van der Waals surface area contributed by atoms with Gasteiger partial charge in [-0.1, -0.05) is 13.0 Å². The van der Waals surface area contributed by atoms with Gasteiger partial charge in [0.05, 0.1) is 0 Å². The van der Waals surface area contributed by atoms with Crippen LogP contribution in [0.4, 0.5) is 0 Å². The highest BCUT2D eigenvalue weighted by Gasteiger charge is 2.39. The molecule has 1 aromatic rings. The van der Waals surface area contributed by atoms with Gasteiger partial charge in [-0.15, -0.1) is 11.3 Å². The fourth-order valence-electron chi connectivity index (χ4n) is 1.58. The molecule has 1 aromatic heterocycles. The average molecular weight is 213 g/mol. The van der Waals surface area contributed by atoms with Crippen LogP contribution in [0.2, 0.25) is 0 Å². The quantitative estimate of drug-likeness (QED) is 0.805. The summed E-state index contributed by atoms with van der Waals surface area (Å²) in [5.74, 6) is 0. The SMILES string of the molecule is CC(C)(N)C(C)(CCO)c1cccs1. The van der Waals surface area contributed by atoms with E-state index in [1.54, 1.807) is 11.3 Å². The molecule has 0 fully saturated rings. The van der Waals surface area contributed by atoms with E-state index < -0.39 is 0 Å². The van der Waals surface area contributed by atoms with Gasteiger partial charge in [-0.25, -0.2) is 0 Å². The Labute approximate surface area is 89.8 Å². The molecule has 2 nitrogen and oxygen atoms in total. The lowest BCUT2D eigenvalue weighted by atomic mass is 9.70. The molecule has 0 saturated heterocycles. The molecule has 0 aromatic carbocycles. The number of aliphatic hydroxyl groups is 1. The van der Waals surface area contributed by atoms with Crippen LogP contribution in [0, 0.1) is 0 Å². The molecule has 1 atom stereocenters. The minimum Gasteiger partial charge on any atom is -0.396 e. The summed E-state index contributed by atoms with van der Waals surface area (Å²) in [7, 11) is 0. The maximum absolute atomic E-state index is 9.11. The first-order valence-corrected chi connectivity index (χ1v) is 5.73. The zero-order valence-electron chi connectivity index (χ0n) is 9.08. The van der Waals surface area contributed by atoms with E-state index in [1.165, 1.54) is 4.88 Å². The molecule has 0 spiro atoms. The molecular formula is C11H19NOS. The Bertz CT molecular complexity index is 276. The van der Waals surface area contributed by atoms with Crippen LogP contribution in [-0.2, 0) is 5.41 Å². The summed E-state index contributed by atoms with van der Waals surface area (Å²) in [6.07, 6.45) is 0.705. The van der Waals surface area contributed by atoms with Crippen LogP contribution in [0.1, 0.15) is 32.1 Å². The van der Waals surface area contributed by atoms with E-state index in [0.717, 1.165) is 0 Å². The van der Waals surface area contributed by atoms with E-state index in [2.05, 4.69) is 18.4 Å². The van der Waals surface area contributed by atoms with Crippen LogP contribution in [0.3, 0.4) is 0 Å². The third-order valence-corrected chi connectivity index (χ3v) is 4.23. The molecule has 3 heteroatoms. The molecule has 14 heavy (non-hydrogen) atoms. The lowest BCUT2D eigenvalue weighted by Gasteiger charge is -2.41. The van der Waals surface area contributed by atoms with Crippen LogP contribution in [-0.4, -0.2) is 17.3 Å². The summed E-state index contributed by atoms with van der Waals surface area (Å²) < 4.78 is 0. The molecule has 1 heterocycles. The number of rotatable bonds is 4. The van der Waals surface area contributed by atoms with Crippen LogP contribution < -0.4 is 5.73 Å². The van der Waals surface area contributed by atoms with Gasteiger partial charge >= 0.3 is 0 Å². The van der Waals surface area contributed by atoms with E-state index in [4.69, 9.17) is 10.8 Å². The summed E-state index contributed by atoms with van der Waals surface area (Å²) in [4.78, 5) is 1.25. The zero-order valence-corrected chi connectivity index (χ0v) is 9.90. The molecule has 0 aliphatic heterocycles. The molecule has 0 amide bonds. The van der Waals surface area contributed by atoms with E-state index >= 15 is 0 Å². The molecular weight excluding hydrogens is 194 g/mol. The highest BCUT2D eigenvalue weighted by atomic mass is 32.1. The smallest absolute Gasteiger partial charge is 0.0440 e. The summed E-state index contributed by atoms with van der Waals surface area (Å²) >= 11 is 1.71. The molecule has 0 saturated carbocycles. The minimum atomic E-state index is -0.319. The van der Waals surface area contributed by atoms with Crippen molar-refractivity contribution in [2.24, 2.45) is 5.73 Å². The second kappa shape index (κ2) is 4.01. The van der Waals surface area contributed by atoms with Gasteiger partial charge < -0.3 is 10.8 Å². The Hall–Kier alpha value is -0.380. The Balaban J connectivity index is 3.06. The Morgan fingerprint density at radius 3 is 2.43 bits per heavy atom. The molecule has 0 radical (unpaired) electrons. The third kappa shape index (κ3) is 2.00. The summed E-state index contributed by atoms with van der Waals surface area (Å²) in [5, 5.41) is 11.2.